The summed E-state index contributed by atoms with van der Waals surface area (Å²) >= 11 is 1.63. The van der Waals surface area contributed by atoms with Crippen LogP contribution in [0.15, 0.2) is 10.8 Å². The molecule has 0 amide bonds. The van der Waals surface area contributed by atoms with E-state index in [2.05, 4.69) is 13.8 Å². The van der Waals surface area contributed by atoms with Crippen molar-refractivity contribution in [2.24, 2.45) is 5.92 Å². The van der Waals surface area contributed by atoms with Gasteiger partial charge in [0.25, 0.3) is 0 Å². The van der Waals surface area contributed by atoms with Crippen molar-refractivity contribution in [1.82, 2.24) is 0 Å². The van der Waals surface area contributed by atoms with Gasteiger partial charge in [-0.15, -0.1) is 11.3 Å². The molecular weight excluding hydrogens is 196 g/mol. The number of ether oxygens (including phenoxy) is 2. The molecule has 1 aliphatic heterocycles. The topological polar surface area (TPSA) is 18.5 Å². The second-order valence-corrected chi connectivity index (χ2v) is 4.64. The lowest BCUT2D eigenvalue weighted by atomic mass is 10.0. The first-order valence-corrected chi connectivity index (χ1v) is 6.09. The Kier molecular flexibility index (Phi) is 2.96. The number of fused-ring (bicyclic) bond motifs is 1. The molecule has 1 aromatic heterocycles. The Morgan fingerprint density at radius 3 is 3.07 bits per heavy atom. The smallest absolute Gasteiger partial charge is 0.172 e. The molecule has 0 saturated carbocycles. The Bertz CT molecular complexity index is 295. The maximum Gasteiger partial charge on any atom is 0.172 e. The zero-order valence-electron chi connectivity index (χ0n) is 8.66. The summed E-state index contributed by atoms with van der Waals surface area (Å²) in [7, 11) is 0. The molecule has 0 saturated heterocycles. The lowest BCUT2D eigenvalue weighted by Crippen LogP contribution is -2.30. The Morgan fingerprint density at radius 1 is 1.50 bits per heavy atom. The average Bonchev–Trinajstić information content (AvgIpc) is 2.64. The highest BCUT2D eigenvalue weighted by Gasteiger charge is 2.22. The van der Waals surface area contributed by atoms with Gasteiger partial charge >= 0.3 is 0 Å². The highest BCUT2D eigenvalue weighted by Crippen LogP contribution is 2.36. The molecule has 1 aliphatic rings. The minimum absolute atomic E-state index is 0.243. The zero-order chi connectivity index (χ0) is 9.97. The van der Waals surface area contributed by atoms with Crippen molar-refractivity contribution in [3.63, 3.8) is 0 Å². The molecule has 0 spiro atoms. The van der Waals surface area contributed by atoms with Crippen LogP contribution in [0.2, 0.25) is 0 Å². The zero-order valence-corrected chi connectivity index (χ0v) is 9.47. The number of hydrogen-bond acceptors (Lipinski definition) is 3. The fraction of sp³-hybridized carbons (Fsp3) is 0.636. The van der Waals surface area contributed by atoms with E-state index in [4.69, 9.17) is 9.47 Å². The number of thiophene rings is 1. The van der Waals surface area contributed by atoms with Gasteiger partial charge in [-0.05, 0) is 12.3 Å². The van der Waals surface area contributed by atoms with Crippen LogP contribution in [0.4, 0.5) is 0 Å². The van der Waals surface area contributed by atoms with Crippen LogP contribution in [-0.4, -0.2) is 12.7 Å². The van der Waals surface area contributed by atoms with Gasteiger partial charge in [0.05, 0.1) is 0 Å². The lowest BCUT2D eigenvalue weighted by Gasteiger charge is -2.26. The highest BCUT2D eigenvalue weighted by atomic mass is 32.1. The third-order valence-electron chi connectivity index (χ3n) is 2.67. The third-order valence-corrected chi connectivity index (χ3v) is 3.37. The second kappa shape index (κ2) is 4.22. The van der Waals surface area contributed by atoms with E-state index in [0.29, 0.717) is 12.5 Å². The van der Waals surface area contributed by atoms with E-state index in [1.54, 1.807) is 11.3 Å². The molecule has 0 N–H and O–H groups in total. The van der Waals surface area contributed by atoms with Crippen molar-refractivity contribution in [3.05, 3.63) is 10.8 Å². The van der Waals surface area contributed by atoms with Crippen molar-refractivity contribution in [2.45, 2.75) is 32.8 Å². The molecule has 0 aliphatic carbocycles. The molecule has 78 valence electrons. The highest BCUT2D eigenvalue weighted by molar-refractivity contribution is 7.08. The van der Waals surface area contributed by atoms with Crippen LogP contribution in [0.25, 0.3) is 0 Å². The van der Waals surface area contributed by atoms with Crippen LogP contribution < -0.4 is 9.47 Å². The maximum atomic E-state index is 5.83. The normalized spacial score (nSPS) is 22.0. The standard InChI is InChI=1S/C11H16O2S/c1-3-8(2)4-9-5-12-10-6-14-7-11(10)13-9/h6-9H,3-5H2,1-2H3. The van der Waals surface area contributed by atoms with Crippen molar-refractivity contribution >= 4 is 11.3 Å². The van der Waals surface area contributed by atoms with Gasteiger partial charge in [-0.1, -0.05) is 20.3 Å². The summed E-state index contributed by atoms with van der Waals surface area (Å²) in [5, 5.41) is 4.01. The quantitative estimate of drug-likeness (QED) is 0.765. The Morgan fingerprint density at radius 2 is 2.29 bits per heavy atom. The van der Waals surface area contributed by atoms with Crippen LogP contribution in [0.5, 0.6) is 11.5 Å². The van der Waals surface area contributed by atoms with E-state index in [1.807, 2.05) is 10.8 Å². The SMILES string of the molecule is CCC(C)CC1COc2cscc2O1. The first-order chi connectivity index (χ1) is 6.79. The fourth-order valence-electron chi connectivity index (χ4n) is 1.59. The number of rotatable bonds is 3. The molecule has 14 heavy (non-hydrogen) atoms. The molecule has 2 nitrogen and oxygen atoms in total. The lowest BCUT2D eigenvalue weighted by molar-refractivity contribution is 0.0749. The van der Waals surface area contributed by atoms with Gasteiger partial charge in [-0.3, -0.25) is 0 Å². The summed E-state index contributed by atoms with van der Waals surface area (Å²) in [4.78, 5) is 0. The monoisotopic (exact) mass is 212 g/mol. The van der Waals surface area contributed by atoms with Gasteiger partial charge in [-0.2, -0.15) is 0 Å². The van der Waals surface area contributed by atoms with E-state index in [9.17, 15) is 0 Å². The predicted molar refractivity (Wildman–Crippen MR) is 58.3 cm³/mol. The van der Waals surface area contributed by atoms with E-state index >= 15 is 0 Å². The first kappa shape index (κ1) is 9.84. The van der Waals surface area contributed by atoms with Crippen LogP contribution in [0, 0.1) is 5.92 Å². The van der Waals surface area contributed by atoms with E-state index in [1.165, 1.54) is 6.42 Å². The molecule has 1 aromatic rings. The summed E-state index contributed by atoms with van der Waals surface area (Å²) in [6, 6.07) is 0. The van der Waals surface area contributed by atoms with Crippen molar-refractivity contribution in [2.75, 3.05) is 6.61 Å². The maximum absolute atomic E-state index is 5.83. The summed E-state index contributed by atoms with van der Waals surface area (Å²) in [5.74, 6) is 2.55. The molecule has 0 aromatic carbocycles. The van der Waals surface area contributed by atoms with Gasteiger partial charge in [0.15, 0.2) is 11.5 Å². The molecule has 3 heteroatoms. The van der Waals surface area contributed by atoms with Gasteiger partial charge < -0.3 is 9.47 Å². The minimum atomic E-state index is 0.243. The third kappa shape index (κ3) is 2.03. The van der Waals surface area contributed by atoms with E-state index < -0.39 is 0 Å². The molecule has 2 unspecified atom stereocenters. The van der Waals surface area contributed by atoms with Crippen molar-refractivity contribution < 1.29 is 9.47 Å². The van der Waals surface area contributed by atoms with Crippen LogP contribution in [0.1, 0.15) is 26.7 Å². The summed E-state index contributed by atoms with van der Waals surface area (Å²) in [5.41, 5.74) is 0. The first-order valence-electron chi connectivity index (χ1n) is 5.15. The van der Waals surface area contributed by atoms with Crippen LogP contribution in [0.3, 0.4) is 0 Å². The molecule has 0 fully saturated rings. The van der Waals surface area contributed by atoms with Gasteiger partial charge in [0.2, 0.25) is 0 Å². The number of hydrogen-bond donors (Lipinski definition) is 0. The van der Waals surface area contributed by atoms with Crippen LogP contribution in [-0.2, 0) is 0 Å². The predicted octanol–water partition coefficient (Wildman–Crippen LogP) is 3.32. The molecule has 0 bridgehead atoms. The molecule has 0 radical (unpaired) electrons. The van der Waals surface area contributed by atoms with Crippen LogP contribution >= 0.6 is 11.3 Å². The molecule has 2 heterocycles. The van der Waals surface area contributed by atoms with Crippen molar-refractivity contribution in [3.8, 4) is 11.5 Å². The minimum Gasteiger partial charge on any atom is -0.485 e. The summed E-state index contributed by atoms with van der Waals surface area (Å²) < 4.78 is 11.4. The largest absolute Gasteiger partial charge is 0.485 e. The Balaban J connectivity index is 1.94. The fourth-order valence-corrected chi connectivity index (χ4v) is 2.26. The van der Waals surface area contributed by atoms with E-state index in [0.717, 1.165) is 17.9 Å². The molecule has 2 atom stereocenters. The average molecular weight is 212 g/mol. The van der Waals surface area contributed by atoms with Gasteiger partial charge in [-0.25, -0.2) is 0 Å². The summed E-state index contributed by atoms with van der Waals surface area (Å²) in [6.45, 7) is 5.17. The summed E-state index contributed by atoms with van der Waals surface area (Å²) in [6.07, 6.45) is 2.54. The van der Waals surface area contributed by atoms with Gasteiger partial charge in [0, 0.05) is 10.8 Å². The van der Waals surface area contributed by atoms with Gasteiger partial charge in [0.1, 0.15) is 12.7 Å². The van der Waals surface area contributed by atoms with E-state index in [-0.39, 0.29) is 6.10 Å². The second-order valence-electron chi connectivity index (χ2n) is 3.90. The molecular formula is C11H16O2S. The Hall–Kier alpha value is -0.700. The molecule has 2 rings (SSSR count). The van der Waals surface area contributed by atoms with Crippen molar-refractivity contribution in [1.29, 1.82) is 0 Å². The Labute approximate surface area is 88.8 Å².